The number of benzene rings is 1. The summed E-state index contributed by atoms with van der Waals surface area (Å²) in [5.41, 5.74) is 8.82. The molecule has 0 fully saturated rings. The van der Waals surface area contributed by atoms with Crippen molar-refractivity contribution in [1.29, 1.82) is 0 Å². The maximum Gasteiger partial charge on any atom is 0.106 e. The minimum absolute atomic E-state index is 0.430. The van der Waals surface area contributed by atoms with E-state index in [2.05, 4.69) is 25.2 Å². The predicted octanol–water partition coefficient (Wildman–Crippen LogP) is 2.86. The average Bonchev–Trinajstić information content (AvgIpc) is 2.33. The van der Waals surface area contributed by atoms with Gasteiger partial charge in [0, 0.05) is 31.0 Å². The zero-order valence-electron chi connectivity index (χ0n) is 11.2. The van der Waals surface area contributed by atoms with E-state index in [0.717, 1.165) is 43.9 Å². The molecule has 0 aliphatic heterocycles. The Bertz CT molecular complexity index is 393. The first-order valence-corrected chi connectivity index (χ1v) is 6.78. The van der Waals surface area contributed by atoms with Crippen LogP contribution in [0.2, 0.25) is 0 Å². The lowest BCUT2D eigenvalue weighted by Gasteiger charge is -2.12. The molecule has 1 aromatic carbocycles. The quantitative estimate of drug-likeness (QED) is 0.561. The van der Waals surface area contributed by atoms with Crippen molar-refractivity contribution in [3.05, 3.63) is 29.3 Å². The molecule has 0 radical (unpaired) electrons. The number of ether oxygens (including phenoxy) is 1. The normalized spacial score (nSPS) is 10.3. The fourth-order valence-corrected chi connectivity index (χ4v) is 1.84. The van der Waals surface area contributed by atoms with Gasteiger partial charge in [-0.3, -0.25) is 0 Å². The van der Waals surface area contributed by atoms with Gasteiger partial charge in [0.15, 0.2) is 0 Å². The number of nitrogens with two attached hydrogens (primary N) is 1. The fraction of sp³-hybridized carbons (Fsp3) is 0.500. The third kappa shape index (κ3) is 5.02. The zero-order chi connectivity index (χ0) is 13.4. The summed E-state index contributed by atoms with van der Waals surface area (Å²) in [4.78, 5) is 0.430. The minimum atomic E-state index is 0.430. The second kappa shape index (κ2) is 8.06. The summed E-state index contributed by atoms with van der Waals surface area (Å²) in [5.74, 6) is 0. The largest absolute Gasteiger partial charge is 0.389 e. The van der Waals surface area contributed by atoms with Crippen molar-refractivity contribution in [1.82, 2.24) is 0 Å². The molecule has 0 saturated heterocycles. The van der Waals surface area contributed by atoms with Crippen molar-refractivity contribution in [2.24, 2.45) is 5.73 Å². The summed E-state index contributed by atoms with van der Waals surface area (Å²) in [6.45, 7) is 6.65. The van der Waals surface area contributed by atoms with Crippen LogP contribution >= 0.6 is 12.2 Å². The summed E-state index contributed by atoms with van der Waals surface area (Å²) < 4.78 is 5.43. The van der Waals surface area contributed by atoms with Crippen LogP contribution in [0.1, 0.15) is 30.9 Å². The highest BCUT2D eigenvalue weighted by Crippen LogP contribution is 2.17. The molecule has 0 spiro atoms. The molecule has 1 rings (SSSR count). The standard InChI is InChI=1S/C14H22N2OS/c1-3-8-17-9-4-7-16-13-10-11(2)5-6-12(13)14(15)18/h5-6,10,16H,3-4,7-9H2,1-2H3,(H2,15,18). The minimum Gasteiger partial charge on any atom is -0.389 e. The van der Waals surface area contributed by atoms with E-state index in [1.165, 1.54) is 5.56 Å². The van der Waals surface area contributed by atoms with Gasteiger partial charge in [-0.1, -0.05) is 25.2 Å². The van der Waals surface area contributed by atoms with E-state index in [4.69, 9.17) is 22.7 Å². The lowest BCUT2D eigenvalue weighted by molar-refractivity contribution is 0.134. The van der Waals surface area contributed by atoms with E-state index in [-0.39, 0.29) is 0 Å². The van der Waals surface area contributed by atoms with Gasteiger partial charge in [0.05, 0.1) is 0 Å². The first-order chi connectivity index (χ1) is 8.65. The molecule has 4 heteroatoms. The third-order valence-electron chi connectivity index (χ3n) is 2.57. The third-order valence-corrected chi connectivity index (χ3v) is 2.79. The number of thiocarbonyl (C=S) groups is 1. The second-order valence-electron chi connectivity index (χ2n) is 4.31. The molecule has 100 valence electrons. The Labute approximate surface area is 115 Å². The van der Waals surface area contributed by atoms with E-state index in [1.807, 2.05) is 12.1 Å². The van der Waals surface area contributed by atoms with Crippen molar-refractivity contribution in [2.45, 2.75) is 26.7 Å². The molecule has 18 heavy (non-hydrogen) atoms. The van der Waals surface area contributed by atoms with Crippen LogP contribution in [0.5, 0.6) is 0 Å². The van der Waals surface area contributed by atoms with Crippen molar-refractivity contribution in [3.8, 4) is 0 Å². The molecule has 0 atom stereocenters. The highest BCUT2D eigenvalue weighted by Gasteiger charge is 2.04. The highest BCUT2D eigenvalue weighted by atomic mass is 32.1. The van der Waals surface area contributed by atoms with Gasteiger partial charge >= 0.3 is 0 Å². The number of rotatable bonds is 8. The van der Waals surface area contributed by atoms with Crippen LogP contribution in [0.3, 0.4) is 0 Å². The first kappa shape index (κ1) is 14.9. The van der Waals surface area contributed by atoms with E-state index in [1.54, 1.807) is 0 Å². The second-order valence-corrected chi connectivity index (χ2v) is 4.75. The van der Waals surface area contributed by atoms with Crippen molar-refractivity contribution in [3.63, 3.8) is 0 Å². The molecule has 0 aliphatic carbocycles. The average molecular weight is 266 g/mol. The van der Waals surface area contributed by atoms with Gasteiger partial charge in [-0.25, -0.2) is 0 Å². The molecule has 0 aromatic heterocycles. The van der Waals surface area contributed by atoms with Crippen LogP contribution in [0.4, 0.5) is 5.69 Å². The van der Waals surface area contributed by atoms with Gasteiger partial charge in [0.1, 0.15) is 4.99 Å². The summed E-state index contributed by atoms with van der Waals surface area (Å²) >= 11 is 5.04. The Morgan fingerprint density at radius 1 is 1.39 bits per heavy atom. The SMILES string of the molecule is CCCOCCCNc1cc(C)ccc1C(N)=S. The lowest BCUT2D eigenvalue weighted by atomic mass is 10.1. The maximum absolute atomic E-state index is 5.70. The van der Waals surface area contributed by atoms with Gasteiger partial charge in [0.2, 0.25) is 0 Å². The Kier molecular flexibility index (Phi) is 6.68. The van der Waals surface area contributed by atoms with Crippen LogP contribution in [0, 0.1) is 6.92 Å². The predicted molar refractivity (Wildman–Crippen MR) is 81.3 cm³/mol. The molecule has 3 N–H and O–H groups in total. The number of hydrogen-bond acceptors (Lipinski definition) is 3. The topological polar surface area (TPSA) is 47.3 Å². The Hall–Kier alpha value is -1.13. The van der Waals surface area contributed by atoms with E-state index < -0.39 is 0 Å². The number of anilines is 1. The molecule has 0 amide bonds. The monoisotopic (exact) mass is 266 g/mol. The van der Waals surface area contributed by atoms with E-state index in [9.17, 15) is 0 Å². The van der Waals surface area contributed by atoms with Crippen molar-refractivity contribution < 1.29 is 4.74 Å². The van der Waals surface area contributed by atoms with Crippen LogP contribution < -0.4 is 11.1 Å². The number of hydrogen-bond donors (Lipinski definition) is 2. The number of nitrogens with one attached hydrogen (secondary N) is 1. The molecular weight excluding hydrogens is 244 g/mol. The molecule has 0 heterocycles. The van der Waals surface area contributed by atoms with Gasteiger partial charge in [-0.15, -0.1) is 0 Å². The molecule has 3 nitrogen and oxygen atoms in total. The van der Waals surface area contributed by atoms with Crippen molar-refractivity contribution >= 4 is 22.9 Å². The van der Waals surface area contributed by atoms with Gasteiger partial charge < -0.3 is 15.8 Å². The smallest absolute Gasteiger partial charge is 0.106 e. The van der Waals surface area contributed by atoms with E-state index >= 15 is 0 Å². The summed E-state index contributed by atoms with van der Waals surface area (Å²) in [5, 5.41) is 3.36. The Morgan fingerprint density at radius 3 is 2.83 bits per heavy atom. The Morgan fingerprint density at radius 2 is 2.17 bits per heavy atom. The van der Waals surface area contributed by atoms with Crippen molar-refractivity contribution in [2.75, 3.05) is 25.1 Å². The van der Waals surface area contributed by atoms with E-state index in [0.29, 0.717) is 4.99 Å². The highest BCUT2D eigenvalue weighted by molar-refractivity contribution is 7.80. The molecule has 0 aliphatic rings. The van der Waals surface area contributed by atoms with Gasteiger partial charge in [-0.2, -0.15) is 0 Å². The van der Waals surface area contributed by atoms with Crippen LogP contribution in [0.15, 0.2) is 18.2 Å². The van der Waals surface area contributed by atoms with Crippen LogP contribution in [0.25, 0.3) is 0 Å². The summed E-state index contributed by atoms with van der Waals surface area (Å²) in [7, 11) is 0. The lowest BCUT2D eigenvalue weighted by Crippen LogP contribution is -2.14. The van der Waals surface area contributed by atoms with Gasteiger partial charge in [0.25, 0.3) is 0 Å². The molecular formula is C14H22N2OS. The van der Waals surface area contributed by atoms with Crippen LogP contribution in [-0.4, -0.2) is 24.7 Å². The summed E-state index contributed by atoms with van der Waals surface area (Å²) in [6.07, 6.45) is 2.04. The molecule has 0 bridgehead atoms. The van der Waals surface area contributed by atoms with Crippen LogP contribution in [-0.2, 0) is 4.74 Å². The Balaban J connectivity index is 2.45. The number of aryl methyl sites for hydroxylation is 1. The zero-order valence-corrected chi connectivity index (χ0v) is 12.0. The fourth-order valence-electron chi connectivity index (χ4n) is 1.66. The molecule has 0 saturated carbocycles. The first-order valence-electron chi connectivity index (χ1n) is 6.37. The molecule has 1 aromatic rings. The summed E-state index contributed by atoms with van der Waals surface area (Å²) in [6, 6.07) is 6.05. The maximum atomic E-state index is 5.70. The molecule has 0 unspecified atom stereocenters. The van der Waals surface area contributed by atoms with Gasteiger partial charge in [-0.05, 0) is 37.5 Å².